The van der Waals surface area contributed by atoms with Gasteiger partial charge in [0, 0.05) is 93.6 Å². The zero-order valence-electron chi connectivity index (χ0n) is 38.4. The summed E-state index contributed by atoms with van der Waals surface area (Å²) in [6.45, 7) is 13.7. The quantitative estimate of drug-likeness (QED) is 0.0360. The van der Waals surface area contributed by atoms with Gasteiger partial charge >= 0.3 is 22.8 Å². The van der Waals surface area contributed by atoms with Crippen LogP contribution < -0.4 is 0 Å². The average Bonchev–Trinajstić information content (AvgIpc) is 3.84. The van der Waals surface area contributed by atoms with Gasteiger partial charge in [0.05, 0.1) is 30.0 Å². The maximum absolute atomic E-state index is 13.5. The molecule has 4 aromatic carbocycles. The lowest BCUT2D eigenvalue weighted by Crippen LogP contribution is -2.36. The smallest absolute Gasteiger partial charge is 0.331 e. The van der Waals surface area contributed by atoms with Gasteiger partial charge in [-0.15, -0.1) is 0 Å². The van der Waals surface area contributed by atoms with Gasteiger partial charge in [0.15, 0.2) is 0 Å². The third kappa shape index (κ3) is 9.81. The van der Waals surface area contributed by atoms with E-state index in [1.54, 1.807) is 0 Å². The first-order chi connectivity index (χ1) is 30.8. The Hall–Kier alpha value is -2.31. The molecule has 0 radical (unpaired) electrons. The molecule has 0 atom stereocenters. The van der Waals surface area contributed by atoms with Crippen LogP contribution >= 0.6 is 54.6 Å². The monoisotopic (exact) mass is 1080 g/mol. The molecule has 0 aliphatic carbocycles. The molecule has 0 amide bonds. The van der Waals surface area contributed by atoms with E-state index in [1.807, 2.05) is 33.8 Å². The first-order valence-electron chi connectivity index (χ1n) is 23.1. The number of benzene rings is 4. The number of unbranched alkanes of at least 4 members (excludes halogenated alkanes) is 2. The van der Waals surface area contributed by atoms with Crippen molar-refractivity contribution in [2.75, 3.05) is 25.5 Å². The van der Waals surface area contributed by atoms with Gasteiger partial charge < -0.3 is 42.3 Å². The summed E-state index contributed by atoms with van der Waals surface area (Å²) in [4.78, 5) is 40.7. The van der Waals surface area contributed by atoms with Crippen LogP contribution in [-0.2, 0) is 41.4 Å². The van der Waals surface area contributed by atoms with Gasteiger partial charge in [-0.05, 0) is 139 Å². The summed E-state index contributed by atoms with van der Waals surface area (Å²) in [6, 6.07) is 21.9. The van der Waals surface area contributed by atoms with Gasteiger partial charge in [0.1, 0.15) is 0 Å². The average molecular weight is 1080 g/mol. The fourth-order valence-corrected chi connectivity index (χ4v) is 14.8. The number of aromatic nitrogens is 3. The highest BCUT2D eigenvalue weighted by atomic mass is 79.9. The molecule has 0 fully saturated rings. The number of nitrogens with zero attached hydrogens (tertiary/aromatic N) is 3. The lowest BCUT2D eigenvalue weighted by molar-refractivity contribution is 0.219. The largest absolute Gasteiger partial charge is 0.340 e. The number of fused-ring (bicyclic) bond motifs is 9. The minimum atomic E-state index is -4.42. The molecule has 0 saturated carbocycles. The molecule has 7 aromatic rings. The van der Waals surface area contributed by atoms with E-state index in [9.17, 15) is 33.3 Å². The Labute approximate surface area is 398 Å². The van der Waals surface area contributed by atoms with Crippen LogP contribution in [0, 0.1) is 0 Å². The molecule has 3 aromatic heterocycles. The second-order valence-electron chi connectivity index (χ2n) is 17.6. The number of halogens is 2. The normalized spacial score (nSPS) is 13.6. The molecule has 4 N–H and O–H groups in total. The third-order valence-corrected chi connectivity index (χ3v) is 20.4. The fourth-order valence-electron chi connectivity index (χ4n) is 10.5. The van der Waals surface area contributed by atoms with Gasteiger partial charge in [-0.25, -0.2) is 0 Å². The molecular weight excluding hydrogens is 1020 g/mol. The van der Waals surface area contributed by atoms with Crippen molar-refractivity contribution in [1.82, 2.24) is 13.7 Å². The predicted octanol–water partition coefficient (Wildman–Crippen LogP) is 14.6. The SMILES string of the molecule is CCOP(=O)(CCCCn1c2cc3c4cc(Br)ccc4n(CCCCP(=O)(O)O)c3cc2c2cc3c(cc21)c1cc(Br)ccc1n3C(CC)(CC)CCC(CC)(CC)P(=O)(O)O)OCC. The third-order valence-electron chi connectivity index (χ3n) is 14.2. The molecule has 354 valence electrons. The van der Waals surface area contributed by atoms with E-state index in [1.165, 1.54) is 0 Å². The van der Waals surface area contributed by atoms with E-state index in [4.69, 9.17) is 9.05 Å². The van der Waals surface area contributed by atoms with Crippen LogP contribution in [-0.4, -0.2) is 64.0 Å². The standard InChI is InChI=1S/C48H64Br2N3O9P3/c1-7-47(8-2,21-22-48(9-3,10-4)65(58,59)60)53-42-20-18-34(50)28-36(42)40-31-45-39(32-46(40)53)38-30-43-37(29-44(38)52(45)24-14-16-26-64(57,61-11-5)62-12-6)35-27-33(49)17-19-41(35)51(43)23-13-15-25-63(54,55)56/h17-20,27-32H,7-16,21-26H2,1-6H3,(H2,54,55,56)(H2,58,59,60). The molecule has 0 aliphatic rings. The molecule has 17 heteroatoms. The van der Waals surface area contributed by atoms with Crippen molar-refractivity contribution in [3.63, 3.8) is 0 Å². The minimum absolute atomic E-state index is 0.160. The summed E-state index contributed by atoms with van der Waals surface area (Å²) in [7, 11) is -11.8. The summed E-state index contributed by atoms with van der Waals surface area (Å²) in [5, 5.41) is 5.34. The Bertz CT molecular complexity index is 3000. The maximum Gasteiger partial charge on any atom is 0.331 e. The van der Waals surface area contributed by atoms with E-state index >= 15 is 0 Å². The van der Waals surface area contributed by atoms with Crippen LogP contribution in [0.25, 0.3) is 65.4 Å². The second-order valence-corrected chi connectivity index (χ2v) is 25.4. The van der Waals surface area contributed by atoms with Crippen molar-refractivity contribution >= 4 is 120 Å². The summed E-state index contributed by atoms with van der Waals surface area (Å²) in [6.07, 6.45) is 5.78. The summed E-state index contributed by atoms with van der Waals surface area (Å²) >= 11 is 7.49. The zero-order chi connectivity index (χ0) is 47.1. The zero-order valence-corrected chi connectivity index (χ0v) is 44.2. The van der Waals surface area contributed by atoms with Crippen molar-refractivity contribution in [1.29, 1.82) is 0 Å². The van der Waals surface area contributed by atoms with Crippen LogP contribution in [0.15, 0.2) is 69.6 Å². The summed E-state index contributed by atoms with van der Waals surface area (Å²) < 4.78 is 58.8. The van der Waals surface area contributed by atoms with Crippen molar-refractivity contribution in [2.24, 2.45) is 0 Å². The Morgan fingerprint density at radius 3 is 1.42 bits per heavy atom. The fraction of sp³-hybridized carbons (Fsp3) is 0.500. The van der Waals surface area contributed by atoms with Gasteiger partial charge in [-0.2, -0.15) is 0 Å². The van der Waals surface area contributed by atoms with Crippen LogP contribution in [0.5, 0.6) is 0 Å². The maximum atomic E-state index is 13.5. The molecule has 0 saturated heterocycles. The number of aryl methyl sites for hydroxylation is 2. The topological polar surface area (TPSA) is 165 Å². The number of hydrogen-bond acceptors (Lipinski definition) is 5. The van der Waals surface area contributed by atoms with Crippen LogP contribution in [0.4, 0.5) is 0 Å². The van der Waals surface area contributed by atoms with Crippen LogP contribution in [0.3, 0.4) is 0 Å². The second kappa shape index (κ2) is 20.0. The molecule has 0 bridgehead atoms. The number of hydrogen-bond donors (Lipinski definition) is 4. The van der Waals surface area contributed by atoms with E-state index in [-0.39, 0.29) is 6.16 Å². The Morgan fingerprint density at radius 1 is 0.523 bits per heavy atom. The molecule has 0 spiro atoms. The molecule has 12 nitrogen and oxygen atoms in total. The highest BCUT2D eigenvalue weighted by Crippen LogP contribution is 2.58. The van der Waals surface area contributed by atoms with E-state index in [0.717, 1.165) is 93.6 Å². The van der Waals surface area contributed by atoms with Crippen LogP contribution in [0.1, 0.15) is 106 Å². The highest BCUT2D eigenvalue weighted by Gasteiger charge is 2.45. The van der Waals surface area contributed by atoms with Gasteiger partial charge in [0.2, 0.25) is 0 Å². The molecule has 65 heavy (non-hydrogen) atoms. The summed E-state index contributed by atoms with van der Waals surface area (Å²) in [5.41, 5.74) is 5.86. The highest BCUT2D eigenvalue weighted by molar-refractivity contribution is 9.10. The molecule has 7 rings (SSSR count). The van der Waals surface area contributed by atoms with Crippen molar-refractivity contribution in [3.8, 4) is 0 Å². The predicted molar refractivity (Wildman–Crippen MR) is 275 cm³/mol. The summed E-state index contributed by atoms with van der Waals surface area (Å²) in [5.74, 6) is 0. The van der Waals surface area contributed by atoms with Crippen molar-refractivity contribution in [2.45, 2.75) is 130 Å². The Balaban J connectivity index is 1.49. The van der Waals surface area contributed by atoms with Crippen LogP contribution in [0.2, 0.25) is 0 Å². The minimum Gasteiger partial charge on any atom is -0.340 e. The molecule has 3 heterocycles. The lowest BCUT2D eigenvalue weighted by atomic mass is 9.82. The lowest BCUT2D eigenvalue weighted by Gasteiger charge is -2.40. The molecular formula is C48H64Br2N3O9P3. The number of rotatable bonds is 23. The first kappa shape index (κ1) is 50.6. The van der Waals surface area contributed by atoms with E-state index in [2.05, 4.69) is 114 Å². The molecule has 0 unspecified atom stereocenters. The van der Waals surface area contributed by atoms with Gasteiger partial charge in [-0.3, -0.25) is 13.7 Å². The van der Waals surface area contributed by atoms with E-state index in [0.29, 0.717) is 77.4 Å². The Morgan fingerprint density at radius 2 is 0.954 bits per heavy atom. The molecule has 0 aliphatic heterocycles. The van der Waals surface area contributed by atoms with Gasteiger partial charge in [0.25, 0.3) is 0 Å². The Kier molecular flexibility index (Phi) is 15.5. The van der Waals surface area contributed by atoms with Crippen molar-refractivity contribution in [3.05, 3.63) is 69.6 Å². The van der Waals surface area contributed by atoms with Crippen molar-refractivity contribution < 1.29 is 42.3 Å². The van der Waals surface area contributed by atoms with E-state index < -0.39 is 33.5 Å². The van der Waals surface area contributed by atoms with Gasteiger partial charge in [-0.1, -0.05) is 59.6 Å². The first-order valence-corrected chi connectivity index (χ1v) is 29.8.